The Balaban J connectivity index is 1.64. The molecular formula is C29H57NO. The summed E-state index contributed by atoms with van der Waals surface area (Å²) in [5.41, 5.74) is 0. The van der Waals surface area contributed by atoms with Crippen molar-refractivity contribution in [2.75, 3.05) is 13.1 Å². The van der Waals surface area contributed by atoms with Crippen LogP contribution in [0.4, 0.5) is 0 Å². The van der Waals surface area contributed by atoms with Crippen LogP contribution in [0, 0.1) is 0 Å². The number of nitrogens with zero attached hydrogens (tertiary/aromatic N) is 1. The SMILES string of the molecule is CCCCCCCCCCCCCCCCCCCCCCCCCN1CCCC1=O. The number of hydrogen-bond donors (Lipinski definition) is 0. The largest absolute Gasteiger partial charge is 0.343 e. The zero-order chi connectivity index (χ0) is 22.2. The third kappa shape index (κ3) is 18.7. The van der Waals surface area contributed by atoms with Gasteiger partial charge < -0.3 is 4.90 Å². The van der Waals surface area contributed by atoms with Gasteiger partial charge in [-0.3, -0.25) is 4.79 Å². The minimum atomic E-state index is 0.388. The zero-order valence-corrected chi connectivity index (χ0v) is 21.4. The van der Waals surface area contributed by atoms with Crippen LogP contribution in [-0.2, 0) is 4.79 Å². The molecule has 0 saturated carbocycles. The average molecular weight is 436 g/mol. The molecule has 0 aromatic rings. The molecule has 0 aliphatic carbocycles. The van der Waals surface area contributed by atoms with Gasteiger partial charge >= 0.3 is 0 Å². The number of likely N-dealkylation sites (tertiary alicyclic amines) is 1. The molecule has 1 saturated heterocycles. The lowest BCUT2D eigenvalue weighted by molar-refractivity contribution is -0.127. The fraction of sp³-hybridized carbons (Fsp3) is 0.966. The Kier molecular flexibility index (Phi) is 20.8. The van der Waals surface area contributed by atoms with Crippen LogP contribution in [0.15, 0.2) is 0 Å². The summed E-state index contributed by atoms with van der Waals surface area (Å²) >= 11 is 0. The van der Waals surface area contributed by atoms with Gasteiger partial charge in [0.2, 0.25) is 5.91 Å². The second-order valence-corrected chi connectivity index (χ2v) is 10.3. The van der Waals surface area contributed by atoms with Crippen LogP contribution >= 0.6 is 0 Å². The Labute approximate surface area is 196 Å². The van der Waals surface area contributed by atoms with Gasteiger partial charge in [-0.15, -0.1) is 0 Å². The quantitative estimate of drug-likeness (QED) is 0.138. The third-order valence-electron chi connectivity index (χ3n) is 7.20. The molecule has 0 spiro atoms. The Bertz CT molecular complexity index is 381. The average Bonchev–Trinajstić information content (AvgIpc) is 3.19. The van der Waals surface area contributed by atoms with Crippen molar-refractivity contribution in [1.29, 1.82) is 0 Å². The first kappa shape index (κ1) is 28.5. The van der Waals surface area contributed by atoms with Crippen LogP contribution < -0.4 is 0 Å². The molecule has 1 amide bonds. The van der Waals surface area contributed by atoms with E-state index in [0.717, 1.165) is 25.9 Å². The van der Waals surface area contributed by atoms with Crippen LogP contribution in [0.2, 0.25) is 0 Å². The Morgan fingerprint density at radius 1 is 0.516 bits per heavy atom. The summed E-state index contributed by atoms with van der Waals surface area (Å²) in [5, 5.41) is 0. The van der Waals surface area contributed by atoms with E-state index in [4.69, 9.17) is 0 Å². The fourth-order valence-electron chi connectivity index (χ4n) is 5.03. The molecule has 0 bridgehead atoms. The van der Waals surface area contributed by atoms with Gasteiger partial charge in [0.1, 0.15) is 0 Å². The van der Waals surface area contributed by atoms with Gasteiger partial charge in [-0.25, -0.2) is 0 Å². The predicted molar refractivity (Wildman–Crippen MR) is 138 cm³/mol. The highest BCUT2D eigenvalue weighted by Crippen LogP contribution is 2.16. The lowest BCUT2D eigenvalue weighted by Crippen LogP contribution is -2.25. The maximum absolute atomic E-state index is 11.6. The molecule has 0 radical (unpaired) electrons. The number of carbonyl (C=O) groups excluding carboxylic acids is 1. The van der Waals surface area contributed by atoms with Gasteiger partial charge in [-0.05, 0) is 12.8 Å². The van der Waals surface area contributed by atoms with Crippen LogP contribution in [0.1, 0.15) is 167 Å². The second kappa shape index (κ2) is 22.7. The van der Waals surface area contributed by atoms with Crippen molar-refractivity contribution in [2.45, 2.75) is 167 Å². The van der Waals surface area contributed by atoms with Gasteiger partial charge in [-0.2, -0.15) is 0 Å². The van der Waals surface area contributed by atoms with E-state index in [1.165, 1.54) is 148 Å². The van der Waals surface area contributed by atoms with Gasteiger partial charge in [0.05, 0.1) is 0 Å². The first-order valence-electron chi connectivity index (χ1n) is 14.6. The summed E-state index contributed by atoms with van der Waals surface area (Å²) in [6.45, 7) is 4.32. The lowest BCUT2D eigenvalue weighted by Gasteiger charge is -2.14. The molecule has 0 aromatic heterocycles. The van der Waals surface area contributed by atoms with Gasteiger partial charge in [0.15, 0.2) is 0 Å². The van der Waals surface area contributed by atoms with Gasteiger partial charge in [0.25, 0.3) is 0 Å². The van der Waals surface area contributed by atoms with E-state index < -0.39 is 0 Å². The minimum Gasteiger partial charge on any atom is -0.343 e. The van der Waals surface area contributed by atoms with E-state index in [1.807, 2.05) is 0 Å². The number of carbonyl (C=O) groups is 1. The summed E-state index contributed by atoms with van der Waals surface area (Å²) in [6.07, 6.45) is 34.8. The summed E-state index contributed by atoms with van der Waals surface area (Å²) in [6, 6.07) is 0. The maximum atomic E-state index is 11.6. The molecule has 2 nitrogen and oxygen atoms in total. The van der Waals surface area contributed by atoms with E-state index in [2.05, 4.69) is 11.8 Å². The van der Waals surface area contributed by atoms with Crippen molar-refractivity contribution in [3.8, 4) is 0 Å². The van der Waals surface area contributed by atoms with Gasteiger partial charge in [-0.1, -0.05) is 148 Å². The highest BCUT2D eigenvalue weighted by Gasteiger charge is 2.18. The Hall–Kier alpha value is -0.530. The monoisotopic (exact) mass is 435 g/mol. The smallest absolute Gasteiger partial charge is 0.222 e. The summed E-state index contributed by atoms with van der Waals surface area (Å²) in [7, 11) is 0. The molecule has 0 N–H and O–H groups in total. The fourth-order valence-corrected chi connectivity index (χ4v) is 5.03. The van der Waals surface area contributed by atoms with Crippen LogP contribution in [0.5, 0.6) is 0 Å². The molecule has 184 valence electrons. The molecule has 1 rings (SSSR count). The van der Waals surface area contributed by atoms with Crippen molar-refractivity contribution in [1.82, 2.24) is 4.90 Å². The maximum Gasteiger partial charge on any atom is 0.222 e. The van der Waals surface area contributed by atoms with E-state index in [0.29, 0.717) is 5.91 Å². The zero-order valence-electron chi connectivity index (χ0n) is 21.4. The predicted octanol–water partition coefficient (Wildman–Crippen LogP) is 9.60. The number of rotatable bonds is 24. The van der Waals surface area contributed by atoms with Crippen molar-refractivity contribution in [2.24, 2.45) is 0 Å². The number of amides is 1. The number of unbranched alkanes of at least 4 members (excludes halogenated alkanes) is 22. The van der Waals surface area contributed by atoms with Crippen molar-refractivity contribution in [3.05, 3.63) is 0 Å². The topological polar surface area (TPSA) is 20.3 Å². The molecule has 1 fully saturated rings. The molecule has 0 unspecified atom stereocenters. The van der Waals surface area contributed by atoms with Crippen LogP contribution in [0.25, 0.3) is 0 Å². The minimum absolute atomic E-state index is 0.388. The first-order chi connectivity index (χ1) is 15.3. The Morgan fingerprint density at radius 2 is 0.839 bits per heavy atom. The van der Waals surface area contributed by atoms with E-state index in [-0.39, 0.29) is 0 Å². The first-order valence-corrected chi connectivity index (χ1v) is 14.6. The summed E-state index contributed by atoms with van der Waals surface area (Å²) in [5.74, 6) is 0.388. The summed E-state index contributed by atoms with van der Waals surface area (Å²) in [4.78, 5) is 13.6. The van der Waals surface area contributed by atoms with Gasteiger partial charge in [0, 0.05) is 19.5 Å². The third-order valence-corrected chi connectivity index (χ3v) is 7.20. The normalized spacial score (nSPS) is 14.1. The molecule has 1 aliphatic heterocycles. The molecular weight excluding hydrogens is 378 g/mol. The number of hydrogen-bond acceptors (Lipinski definition) is 1. The van der Waals surface area contributed by atoms with Crippen molar-refractivity contribution >= 4 is 5.91 Å². The molecule has 1 heterocycles. The van der Waals surface area contributed by atoms with Crippen molar-refractivity contribution < 1.29 is 4.79 Å². The second-order valence-electron chi connectivity index (χ2n) is 10.3. The Morgan fingerprint density at radius 3 is 1.13 bits per heavy atom. The van der Waals surface area contributed by atoms with Crippen LogP contribution in [0.3, 0.4) is 0 Å². The van der Waals surface area contributed by atoms with Crippen molar-refractivity contribution in [3.63, 3.8) is 0 Å². The molecule has 0 aromatic carbocycles. The molecule has 1 aliphatic rings. The lowest BCUT2D eigenvalue weighted by atomic mass is 10.0. The highest BCUT2D eigenvalue weighted by atomic mass is 16.2. The highest BCUT2D eigenvalue weighted by molar-refractivity contribution is 5.77. The molecule has 31 heavy (non-hydrogen) atoms. The molecule has 2 heteroatoms. The van der Waals surface area contributed by atoms with E-state index in [1.54, 1.807) is 0 Å². The van der Waals surface area contributed by atoms with Crippen LogP contribution in [-0.4, -0.2) is 23.9 Å². The van der Waals surface area contributed by atoms with E-state index in [9.17, 15) is 4.79 Å². The van der Waals surface area contributed by atoms with E-state index >= 15 is 0 Å². The molecule has 0 atom stereocenters. The standard InChI is InChI=1S/C29H57NO/c1-2-3-4-5-6-7-8-9-10-11-12-13-14-15-16-17-18-19-20-21-22-23-24-27-30-28-25-26-29(30)31/h2-28H2,1H3. The summed E-state index contributed by atoms with van der Waals surface area (Å²) < 4.78 is 0.